The fourth-order valence-electron chi connectivity index (χ4n) is 8.52. The predicted octanol–water partition coefficient (Wildman–Crippen LogP) is 2.65. The van der Waals surface area contributed by atoms with Crippen LogP contribution in [0.2, 0.25) is 0 Å². The molecule has 0 radical (unpaired) electrons. The fraction of sp³-hybridized carbons (Fsp3) is 0.763. The number of aliphatic hydroxyl groups is 1. The van der Waals surface area contributed by atoms with Crippen LogP contribution in [-0.4, -0.2) is 113 Å². The summed E-state index contributed by atoms with van der Waals surface area (Å²) in [6, 6.07) is 0. The highest BCUT2D eigenvalue weighted by Crippen LogP contribution is 2.62. The van der Waals surface area contributed by atoms with Crippen LogP contribution in [0.4, 0.5) is 0 Å². The molecule has 3 fully saturated rings. The maximum atomic E-state index is 13.4. The number of carbonyl (C=O) groups excluding carboxylic acids is 7. The average Bonchev–Trinajstić information content (AvgIpc) is 3.39. The van der Waals surface area contributed by atoms with Crippen LogP contribution in [0.15, 0.2) is 12.2 Å². The third-order valence-electron chi connectivity index (χ3n) is 10.3. The summed E-state index contributed by atoms with van der Waals surface area (Å²) < 4.78 is 54.7. The van der Waals surface area contributed by atoms with Crippen molar-refractivity contribution in [2.45, 2.75) is 156 Å². The van der Waals surface area contributed by atoms with E-state index in [0.717, 1.165) is 48.5 Å². The van der Waals surface area contributed by atoms with Gasteiger partial charge >= 0.3 is 41.8 Å². The van der Waals surface area contributed by atoms with Gasteiger partial charge < -0.3 is 47.7 Å². The van der Waals surface area contributed by atoms with Gasteiger partial charge in [0.2, 0.25) is 5.79 Å². The first-order valence-corrected chi connectivity index (χ1v) is 18.1. The SMILES string of the molecule is C=C1[C@@H](OCC(C)C)[C@H](OC(C)=O)[C@H](OC(C)=O)C(C)(C)[C@H]2O[C@@](O)([C@@H](C)[C@H]2OC(C)=O)[C@]2(OC(C)=O)C[C@](C)(OC(C)=O)[C@@H](OC(C)=O)[C@H]2[C@@H]1OC(C)=O. The van der Waals surface area contributed by atoms with Crippen molar-refractivity contribution >= 4 is 41.8 Å². The number of fused-ring (bicyclic) bond motifs is 4. The molecule has 310 valence electrons. The van der Waals surface area contributed by atoms with Gasteiger partial charge in [0.1, 0.15) is 30.5 Å². The molecule has 2 saturated heterocycles. The third-order valence-corrected chi connectivity index (χ3v) is 10.3. The Bertz CT molecular complexity index is 1550. The number of hydrogen-bond donors (Lipinski definition) is 1. The maximum absolute atomic E-state index is 13.4. The molecule has 3 aliphatic rings. The van der Waals surface area contributed by atoms with Gasteiger partial charge in [0, 0.05) is 66.9 Å². The van der Waals surface area contributed by atoms with Crippen LogP contribution in [0.1, 0.15) is 96.4 Å². The largest absolute Gasteiger partial charge is 0.459 e. The molecule has 0 aromatic carbocycles. The Labute approximate surface area is 320 Å². The van der Waals surface area contributed by atoms with Crippen LogP contribution in [0.5, 0.6) is 0 Å². The molecule has 55 heavy (non-hydrogen) atoms. The van der Waals surface area contributed by atoms with E-state index >= 15 is 0 Å². The van der Waals surface area contributed by atoms with Crippen molar-refractivity contribution in [1.82, 2.24) is 0 Å². The molecular weight excluding hydrogens is 728 g/mol. The van der Waals surface area contributed by atoms with E-state index in [9.17, 15) is 38.7 Å². The molecule has 17 nitrogen and oxygen atoms in total. The molecule has 0 aromatic heterocycles. The Morgan fingerprint density at radius 3 is 1.64 bits per heavy atom. The van der Waals surface area contributed by atoms with E-state index in [4.69, 9.17) is 42.6 Å². The summed E-state index contributed by atoms with van der Waals surface area (Å²) in [5.41, 5.74) is -6.24. The first-order valence-electron chi connectivity index (χ1n) is 18.1. The minimum atomic E-state index is -2.78. The van der Waals surface area contributed by atoms with Crippen LogP contribution < -0.4 is 0 Å². The van der Waals surface area contributed by atoms with Crippen LogP contribution in [0, 0.1) is 23.2 Å². The molecule has 0 aromatic rings. The van der Waals surface area contributed by atoms with E-state index in [1.165, 1.54) is 13.8 Å². The van der Waals surface area contributed by atoms with Crippen molar-refractivity contribution in [3.05, 3.63) is 12.2 Å². The van der Waals surface area contributed by atoms with Gasteiger partial charge in [-0.1, -0.05) is 41.2 Å². The van der Waals surface area contributed by atoms with Crippen LogP contribution >= 0.6 is 0 Å². The van der Waals surface area contributed by atoms with Crippen LogP contribution in [0.3, 0.4) is 0 Å². The molecule has 0 amide bonds. The van der Waals surface area contributed by atoms with Gasteiger partial charge in [0.25, 0.3) is 0 Å². The van der Waals surface area contributed by atoms with Crippen molar-refractivity contribution in [3.8, 4) is 0 Å². The second-order valence-corrected chi connectivity index (χ2v) is 15.9. The van der Waals surface area contributed by atoms with E-state index in [1.807, 2.05) is 13.8 Å². The zero-order valence-corrected chi connectivity index (χ0v) is 33.9. The van der Waals surface area contributed by atoms with Crippen molar-refractivity contribution in [1.29, 1.82) is 0 Å². The van der Waals surface area contributed by atoms with E-state index in [0.29, 0.717) is 0 Å². The standard InChI is InChI=1S/C38H56O17/c1-17(2)15-47-29-18(3)28(48-20(5)39)27-32(51-23(8)42)36(14,53-25(10)44)16-37(27,54-26(11)45)38(46)19(4)30(49-21(6)40)34(55-38)35(12,13)33(52-24(9)43)31(29)50-22(7)41/h17,19,27-34,46H,3,15-16H2,1-2,4-14H3/t19-,27+,28+,29+,30+,31-,32-,33-,34-,36-,37-,38-/m0/s1. The molecule has 2 heterocycles. The van der Waals surface area contributed by atoms with Gasteiger partial charge in [-0.3, -0.25) is 33.6 Å². The summed E-state index contributed by atoms with van der Waals surface area (Å²) in [5, 5.41) is 13.3. The Hall–Kier alpha value is -4.09. The van der Waals surface area contributed by atoms with E-state index in [2.05, 4.69) is 6.58 Å². The summed E-state index contributed by atoms with van der Waals surface area (Å²) in [6.07, 6.45) is -11.7. The molecule has 1 N–H and O–H groups in total. The summed E-state index contributed by atoms with van der Waals surface area (Å²) >= 11 is 0. The quantitative estimate of drug-likeness (QED) is 0.191. The van der Waals surface area contributed by atoms with Gasteiger partial charge in [0.05, 0.1) is 11.8 Å². The number of ether oxygens (including phenoxy) is 9. The molecule has 1 saturated carbocycles. The topological polar surface area (TPSA) is 223 Å². The zero-order chi connectivity index (χ0) is 42.2. The Morgan fingerprint density at radius 2 is 1.18 bits per heavy atom. The minimum absolute atomic E-state index is 0.0310. The molecule has 0 unspecified atom stereocenters. The Kier molecular flexibility index (Phi) is 13.6. The highest BCUT2D eigenvalue weighted by molar-refractivity contribution is 5.71. The first-order chi connectivity index (χ1) is 25.1. The molecule has 17 heteroatoms. The highest BCUT2D eigenvalue weighted by Gasteiger charge is 2.80. The van der Waals surface area contributed by atoms with Crippen molar-refractivity contribution < 1.29 is 81.3 Å². The smallest absolute Gasteiger partial charge is 0.303 e. The Morgan fingerprint density at radius 1 is 0.709 bits per heavy atom. The lowest BCUT2D eigenvalue weighted by Crippen LogP contribution is -2.66. The van der Waals surface area contributed by atoms with Gasteiger partial charge in [-0.15, -0.1) is 0 Å². The number of hydrogen-bond acceptors (Lipinski definition) is 17. The minimum Gasteiger partial charge on any atom is -0.459 e. The highest BCUT2D eigenvalue weighted by atomic mass is 16.7. The second-order valence-electron chi connectivity index (χ2n) is 15.9. The number of carbonyl (C=O) groups is 7. The molecule has 2 aliphatic heterocycles. The molecular formula is C38H56O17. The van der Waals surface area contributed by atoms with Crippen molar-refractivity contribution in [2.24, 2.45) is 23.2 Å². The molecule has 1 aliphatic carbocycles. The summed E-state index contributed by atoms with van der Waals surface area (Å²) in [5.74, 6) is -12.3. The summed E-state index contributed by atoms with van der Waals surface area (Å²) in [4.78, 5) is 91.0. The fourth-order valence-corrected chi connectivity index (χ4v) is 8.52. The van der Waals surface area contributed by atoms with E-state index < -0.39 is 125 Å². The first kappa shape index (κ1) is 45.3. The van der Waals surface area contributed by atoms with Crippen LogP contribution in [0.25, 0.3) is 0 Å². The lowest BCUT2D eigenvalue weighted by Gasteiger charge is -2.49. The van der Waals surface area contributed by atoms with Gasteiger partial charge in [0.15, 0.2) is 23.4 Å². The second kappa shape index (κ2) is 16.6. The van der Waals surface area contributed by atoms with Crippen molar-refractivity contribution in [3.63, 3.8) is 0 Å². The predicted molar refractivity (Wildman–Crippen MR) is 187 cm³/mol. The van der Waals surface area contributed by atoms with Gasteiger partial charge in [-0.25, -0.2) is 0 Å². The third kappa shape index (κ3) is 8.99. The lowest BCUT2D eigenvalue weighted by molar-refractivity contribution is -0.334. The monoisotopic (exact) mass is 784 g/mol. The molecule has 0 spiro atoms. The van der Waals surface area contributed by atoms with E-state index in [-0.39, 0.29) is 18.1 Å². The summed E-state index contributed by atoms with van der Waals surface area (Å²) in [7, 11) is 0. The zero-order valence-electron chi connectivity index (χ0n) is 33.9. The molecule has 3 rings (SSSR count). The van der Waals surface area contributed by atoms with E-state index in [1.54, 1.807) is 13.8 Å². The lowest BCUT2D eigenvalue weighted by atomic mass is 9.68. The van der Waals surface area contributed by atoms with Crippen molar-refractivity contribution in [2.75, 3.05) is 6.61 Å². The average molecular weight is 785 g/mol. The van der Waals surface area contributed by atoms with Crippen LogP contribution in [-0.2, 0) is 76.2 Å². The van der Waals surface area contributed by atoms with Gasteiger partial charge in [-0.05, 0) is 18.4 Å². The number of rotatable bonds is 10. The molecule has 12 atom stereocenters. The maximum Gasteiger partial charge on any atom is 0.303 e. The van der Waals surface area contributed by atoms with Gasteiger partial charge in [-0.2, -0.15) is 0 Å². The molecule has 2 bridgehead atoms. The summed E-state index contributed by atoms with van der Waals surface area (Å²) in [6.45, 7) is 21.4. The Balaban J connectivity index is 2.72. The normalized spacial score (nSPS) is 36.7. The number of esters is 7.